The Labute approximate surface area is 146 Å². The van der Waals surface area contributed by atoms with Crippen molar-refractivity contribution in [3.8, 4) is 0 Å². The summed E-state index contributed by atoms with van der Waals surface area (Å²) in [6, 6.07) is 12.7. The number of anilines is 1. The van der Waals surface area contributed by atoms with Crippen molar-refractivity contribution < 1.29 is 9.18 Å². The van der Waals surface area contributed by atoms with Gasteiger partial charge in [-0.2, -0.15) is 0 Å². The van der Waals surface area contributed by atoms with E-state index < -0.39 is 5.82 Å². The van der Waals surface area contributed by atoms with Gasteiger partial charge >= 0.3 is 0 Å². The zero-order chi connectivity index (χ0) is 17.1. The summed E-state index contributed by atoms with van der Waals surface area (Å²) in [7, 11) is 0. The summed E-state index contributed by atoms with van der Waals surface area (Å²) in [5.41, 5.74) is 2.72. The maximum absolute atomic E-state index is 13.8. The highest BCUT2D eigenvalue weighted by molar-refractivity contribution is 6.31. The lowest BCUT2D eigenvalue weighted by molar-refractivity contribution is -0.130. The molecule has 1 heterocycles. The fraction of sp³-hybridized carbons (Fsp3) is 0.316. The van der Waals surface area contributed by atoms with Gasteiger partial charge in [-0.25, -0.2) is 4.39 Å². The number of carbonyl (C=O) groups is 1. The number of benzene rings is 2. The van der Waals surface area contributed by atoms with Gasteiger partial charge in [-0.3, -0.25) is 4.79 Å². The van der Waals surface area contributed by atoms with E-state index in [0.717, 1.165) is 13.1 Å². The van der Waals surface area contributed by atoms with Crippen LogP contribution >= 0.6 is 11.6 Å². The van der Waals surface area contributed by atoms with E-state index in [4.69, 9.17) is 11.6 Å². The predicted octanol–water partition coefficient (Wildman–Crippen LogP) is 3.68. The van der Waals surface area contributed by atoms with Crippen molar-refractivity contribution in [3.63, 3.8) is 0 Å². The first kappa shape index (κ1) is 16.8. The van der Waals surface area contributed by atoms with Gasteiger partial charge in [0, 0.05) is 42.5 Å². The highest BCUT2D eigenvalue weighted by atomic mass is 35.5. The monoisotopic (exact) mass is 346 g/mol. The van der Waals surface area contributed by atoms with Crippen LogP contribution in [0.15, 0.2) is 42.5 Å². The largest absolute Gasteiger partial charge is 0.368 e. The van der Waals surface area contributed by atoms with Crippen molar-refractivity contribution in [2.24, 2.45) is 0 Å². The Hall–Kier alpha value is -2.07. The van der Waals surface area contributed by atoms with E-state index in [0.29, 0.717) is 18.1 Å². The molecule has 0 radical (unpaired) electrons. The van der Waals surface area contributed by atoms with Crippen LogP contribution in [0.5, 0.6) is 0 Å². The number of para-hydroxylation sites is 1. The third-order valence-corrected chi connectivity index (χ3v) is 4.83. The number of piperazine rings is 1. The first-order chi connectivity index (χ1) is 11.6. The van der Waals surface area contributed by atoms with Crippen LogP contribution in [-0.4, -0.2) is 37.0 Å². The lowest BCUT2D eigenvalue weighted by Crippen LogP contribution is -2.49. The van der Waals surface area contributed by atoms with E-state index in [9.17, 15) is 9.18 Å². The van der Waals surface area contributed by atoms with Gasteiger partial charge in [-0.05, 0) is 30.7 Å². The molecule has 0 spiro atoms. The van der Waals surface area contributed by atoms with Gasteiger partial charge in [-0.1, -0.05) is 35.9 Å². The van der Waals surface area contributed by atoms with Crippen LogP contribution in [0, 0.1) is 12.7 Å². The molecule has 0 saturated carbocycles. The first-order valence-corrected chi connectivity index (χ1v) is 8.45. The maximum Gasteiger partial charge on any atom is 0.227 e. The van der Waals surface area contributed by atoms with Crippen LogP contribution in [0.1, 0.15) is 11.1 Å². The normalized spacial score (nSPS) is 14.8. The molecule has 0 unspecified atom stereocenters. The molecule has 0 bridgehead atoms. The van der Waals surface area contributed by atoms with Gasteiger partial charge in [0.05, 0.1) is 6.42 Å². The maximum atomic E-state index is 13.8. The number of hydrogen-bond donors (Lipinski definition) is 0. The topological polar surface area (TPSA) is 23.6 Å². The van der Waals surface area contributed by atoms with Crippen LogP contribution in [0.4, 0.5) is 10.1 Å². The molecule has 2 aromatic rings. The highest BCUT2D eigenvalue weighted by Crippen LogP contribution is 2.23. The van der Waals surface area contributed by atoms with E-state index in [-0.39, 0.29) is 17.9 Å². The van der Waals surface area contributed by atoms with E-state index in [1.54, 1.807) is 17.0 Å². The molecule has 1 aliphatic rings. The summed E-state index contributed by atoms with van der Waals surface area (Å²) >= 11 is 6.01. The van der Waals surface area contributed by atoms with Gasteiger partial charge in [0.1, 0.15) is 5.82 Å². The third-order valence-electron chi connectivity index (χ3n) is 4.48. The molecule has 0 N–H and O–H groups in total. The molecule has 1 fully saturated rings. The van der Waals surface area contributed by atoms with Gasteiger partial charge in [0.15, 0.2) is 0 Å². The second kappa shape index (κ2) is 7.22. The molecule has 0 aromatic heterocycles. The van der Waals surface area contributed by atoms with Gasteiger partial charge in [-0.15, -0.1) is 0 Å². The number of halogens is 2. The fourth-order valence-corrected chi connectivity index (χ4v) is 3.31. The van der Waals surface area contributed by atoms with Crippen molar-refractivity contribution in [2.45, 2.75) is 13.3 Å². The molecule has 1 saturated heterocycles. The van der Waals surface area contributed by atoms with Crippen LogP contribution < -0.4 is 4.90 Å². The number of aryl methyl sites for hydroxylation is 1. The third kappa shape index (κ3) is 3.54. The average molecular weight is 347 g/mol. The summed E-state index contributed by atoms with van der Waals surface area (Å²) in [6.07, 6.45) is 0.00979. The molecule has 0 atom stereocenters. The lowest BCUT2D eigenvalue weighted by Gasteiger charge is -2.37. The summed E-state index contributed by atoms with van der Waals surface area (Å²) in [5.74, 6) is -0.499. The second-order valence-corrected chi connectivity index (χ2v) is 6.44. The summed E-state index contributed by atoms with van der Waals surface area (Å²) in [6.45, 7) is 4.93. The SMILES string of the molecule is Cc1ccccc1N1CCN(C(=O)Cc2c(F)cccc2Cl)CC1. The summed E-state index contributed by atoms with van der Waals surface area (Å²) in [5, 5.41) is 0.307. The zero-order valence-electron chi connectivity index (χ0n) is 13.6. The Morgan fingerprint density at radius 2 is 1.79 bits per heavy atom. The van der Waals surface area contributed by atoms with Crippen molar-refractivity contribution in [1.29, 1.82) is 0 Å². The zero-order valence-corrected chi connectivity index (χ0v) is 14.4. The Balaban J connectivity index is 1.62. The standard InChI is InChI=1S/C19H20ClFN2O/c1-14-5-2-3-8-18(14)22-9-11-23(12-10-22)19(24)13-15-16(20)6-4-7-17(15)21/h2-8H,9-13H2,1H3. The lowest BCUT2D eigenvalue weighted by atomic mass is 10.1. The van der Waals surface area contributed by atoms with Crippen LogP contribution in [0.3, 0.4) is 0 Å². The number of carbonyl (C=O) groups excluding carboxylic acids is 1. The minimum Gasteiger partial charge on any atom is -0.368 e. The molecule has 1 aliphatic heterocycles. The molecule has 1 amide bonds. The molecule has 2 aromatic carbocycles. The van der Waals surface area contributed by atoms with Crippen molar-refractivity contribution in [2.75, 3.05) is 31.1 Å². The Morgan fingerprint density at radius 1 is 1.08 bits per heavy atom. The van der Waals surface area contributed by atoms with E-state index in [1.165, 1.54) is 17.3 Å². The molecule has 3 nitrogen and oxygen atoms in total. The average Bonchev–Trinajstić information content (AvgIpc) is 2.59. The highest BCUT2D eigenvalue weighted by Gasteiger charge is 2.23. The Morgan fingerprint density at radius 3 is 2.46 bits per heavy atom. The summed E-state index contributed by atoms with van der Waals surface area (Å²) < 4.78 is 13.8. The van der Waals surface area contributed by atoms with Crippen LogP contribution in [0.2, 0.25) is 5.02 Å². The van der Waals surface area contributed by atoms with E-state index in [2.05, 4.69) is 24.0 Å². The molecule has 0 aliphatic carbocycles. The van der Waals surface area contributed by atoms with Crippen LogP contribution in [0.25, 0.3) is 0 Å². The second-order valence-electron chi connectivity index (χ2n) is 6.03. The van der Waals surface area contributed by atoms with E-state index in [1.807, 2.05) is 12.1 Å². The van der Waals surface area contributed by atoms with Crippen molar-refractivity contribution >= 4 is 23.2 Å². The first-order valence-electron chi connectivity index (χ1n) is 8.07. The smallest absolute Gasteiger partial charge is 0.227 e. The quantitative estimate of drug-likeness (QED) is 0.846. The van der Waals surface area contributed by atoms with E-state index >= 15 is 0 Å². The van der Waals surface area contributed by atoms with Gasteiger partial charge < -0.3 is 9.80 Å². The fourth-order valence-electron chi connectivity index (χ4n) is 3.08. The predicted molar refractivity (Wildman–Crippen MR) is 95.1 cm³/mol. The van der Waals surface area contributed by atoms with Gasteiger partial charge in [0.2, 0.25) is 5.91 Å². The number of rotatable bonds is 3. The number of hydrogen-bond acceptors (Lipinski definition) is 2. The molecule has 126 valence electrons. The Bertz CT molecular complexity index is 722. The molecule has 3 rings (SSSR count). The number of nitrogens with zero attached hydrogens (tertiary/aromatic N) is 2. The molecule has 24 heavy (non-hydrogen) atoms. The van der Waals surface area contributed by atoms with Gasteiger partial charge in [0.25, 0.3) is 0 Å². The summed E-state index contributed by atoms with van der Waals surface area (Å²) in [4.78, 5) is 16.5. The minimum atomic E-state index is -0.422. The minimum absolute atomic E-state index is 0.00979. The molecular weight excluding hydrogens is 327 g/mol. The Kier molecular flexibility index (Phi) is 5.05. The molecule has 5 heteroatoms. The number of amides is 1. The van der Waals surface area contributed by atoms with Crippen molar-refractivity contribution in [3.05, 3.63) is 64.4 Å². The van der Waals surface area contributed by atoms with Crippen LogP contribution in [-0.2, 0) is 11.2 Å². The van der Waals surface area contributed by atoms with Crippen molar-refractivity contribution in [1.82, 2.24) is 4.90 Å². The molecular formula is C19H20ClFN2O.